The van der Waals surface area contributed by atoms with Gasteiger partial charge in [0.05, 0.1) is 16.6 Å². The molecule has 4 aromatic carbocycles. The lowest BCUT2D eigenvalue weighted by atomic mass is 10.0. The maximum Gasteiger partial charge on any atom is 0.146 e. The molecule has 2 heterocycles. The fourth-order valence-corrected chi connectivity index (χ4v) is 4.94. The van der Waals surface area contributed by atoms with Crippen molar-refractivity contribution in [2.75, 3.05) is 0 Å². The molecular weight excluding hydrogens is 340 g/mol. The predicted octanol–water partition coefficient (Wildman–Crippen LogP) is 6.37. The highest BCUT2D eigenvalue weighted by Gasteiger charge is 2.21. The van der Waals surface area contributed by atoms with Gasteiger partial charge in [-0.2, -0.15) is 0 Å². The number of para-hydroxylation sites is 1. The lowest BCUT2D eigenvalue weighted by Gasteiger charge is -2.09. The first-order valence-corrected chi connectivity index (χ1v) is 9.71. The van der Waals surface area contributed by atoms with Crippen molar-refractivity contribution < 1.29 is 0 Å². The Bertz CT molecular complexity index is 1590. The van der Waals surface area contributed by atoms with Gasteiger partial charge in [-0.1, -0.05) is 66.7 Å². The standard InChI is InChI=1S/C26H16N2/c1-2-8-18-16(7-1)13-17-14-25-23(15-22(17)18)27-26-21-11-4-3-9-19(21)20-10-5-6-12-24(20)28(25)26/h1-12,14-15H,13H2. The summed E-state index contributed by atoms with van der Waals surface area (Å²) in [4.78, 5) is 5.11. The lowest BCUT2D eigenvalue weighted by molar-refractivity contribution is 1.26. The van der Waals surface area contributed by atoms with E-state index in [9.17, 15) is 0 Å². The van der Waals surface area contributed by atoms with Crippen molar-refractivity contribution in [2.45, 2.75) is 6.42 Å². The Morgan fingerprint density at radius 2 is 1.36 bits per heavy atom. The van der Waals surface area contributed by atoms with E-state index in [0.717, 1.165) is 17.6 Å². The fraction of sp³-hybridized carbons (Fsp3) is 0.0385. The van der Waals surface area contributed by atoms with E-state index < -0.39 is 0 Å². The molecule has 1 aliphatic rings. The largest absolute Gasteiger partial charge is 0.292 e. The molecule has 0 bridgehead atoms. The number of aromatic nitrogens is 2. The Morgan fingerprint density at radius 3 is 2.29 bits per heavy atom. The number of hydrogen-bond donors (Lipinski definition) is 0. The highest BCUT2D eigenvalue weighted by Crippen LogP contribution is 2.40. The summed E-state index contributed by atoms with van der Waals surface area (Å²) in [6.07, 6.45) is 1.00. The van der Waals surface area contributed by atoms with Gasteiger partial charge in [0, 0.05) is 10.8 Å². The molecular formula is C26H16N2. The van der Waals surface area contributed by atoms with Gasteiger partial charge in [-0.3, -0.25) is 4.40 Å². The predicted molar refractivity (Wildman–Crippen MR) is 116 cm³/mol. The Morgan fingerprint density at radius 1 is 0.607 bits per heavy atom. The van der Waals surface area contributed by atoms with Crippen LogP contribution in [0.3, 0.4) is 0 Å². The molecule has 130 valence electrons. The molecule has 0 aliphatic heterocycles. The molecule has 0 saturated carbocycles. The maximum absolute atomic E-state index is 5.11. The van der Waals surface area contributed by atoms with Gasteiger partial charge >= 0.3 is 0 Å². The molecule has 2 aromatic heterocycles. The van der Waals surface area contributed by atoms with Crippen molar-refractivity contribution in [3.63, 3.8) is 0 Å². The van der Waals surface area contributed by atoms with Gasteiger partial charge in [0.2, 0.25) is 0 Å². The third-order valence-electron chi connectivity index (χ3n) is 6.17. The lowest BCUT2D eigenvalue weighted by Crippen LogP contribution is -1.91. The van der Waals surface area contributed by atoms with Crippen LogP contribution in [0.1, 0.15) is 11.1 Å². The second-order valence-electron chi connectivity index (χ2n) is 7.67. The summed E-state index contributed by atoms with van der Waals surface area (Å²) >= 11 is 0. The van der Waals surface area contributed by atoms with E-state index in [0.29, 0.717) is 0 Å². The Kier molecular flexibility index (Phi) is 2.57. The highest BCUT2D eigenvalue weighted by molar-refractivity contribution is 6.14. The van der Waals surface area contributed by atoms with Crippen LogP contribution >= 0.6 is 0 Å². The zero-order chi connectivity index (χ0) is 18.2. The normalized spacial score (nSPS) is 12.9. The van der Waals surface area contributed by atoms with E-state index in [2.05, 4.69) is 89.3 Å². The summed E-state index contributed by atoms with van der Waals surface area (Å²) in [5.74, 6) is 0. The second-order valence-corrected chi connectivity index (χ2v) is 7.67. The number of hydrogen-bond acceptors (Lipinski definition) is 1. The fourth-order valence-electron chi connectivity index (χ4n) is 4.94. The molecule has 7 rings (SSSR count). The number of rotatable bonds is 0. The quantitative estimate of drug-likeness (QED) is 0.289. The molecule has 1 aliphatic carbocycles. The first-order chi connectivity index (χ1) is 13.9. The van der Waals surface area contributed by atoms with Crippen molar-refractivity contribution in [3.05, 3.63) is 96.1 Å². The Balaban J connectivity index is 1.70. The van der Waals surface area contributed by atoms with Gasteiger partial charge in [0.25, 0.3) is 0 Å². The van der Waals surface area contributed by atoms with Gasteiger partial charge in [-0.05, 0) is 52.3 Å². The SMILES string of the molecule is c1ccc2c(c1)Cc1cc3c(cc1-2)nc1c2ccccc2c2ccccc2n31. The molecule has 2 heteroatoms. The third kappa shape index (κ3) is 1.70. The molecule has 2 nitrogen and oxygen atoms in total. The molecule has 0 atom stereocenters. The molecule has 0 amide bonds. The molecule has 0 saturated heterocycles. The molecule has 0 fully saturated rings. The molecule has 28 heavy (non-hydrogen) atoms. The van der Waals surface area contributed by atoms with E-state index >= 15 is 0 Å². The first-order valence-electron chi connectivity index (χ1n) is 9.71. The summed E-state index contributed by atoms with van der Waals surface area (Å²) in [5, 5.41) is 3.74. The zero-order valence-corrected chi connectivity index (χ0v) is 15.2. The van der Waals surface area contributed by atoms with E-state index in [1.54, 1.807) is 0 Å². The summed E-state index contributed by atoms with van der Waals surface area (Å²) in [5.41, 5.74) is 10.0. The van der Waals surface area contributed by atoms with E-state index in [1.165, 1.54) is 49.4 Å². The minimum atomic E-state index is 1.00. The van der Waals surface area contributed by atoms with Crippen LogP contribution in [0.15, 0.2) is 84.9 Å². The van der Waals surface area contributed by atoms with Gasteiger partial charge in [-0.15, -0.1) is 0 Å². The van der Waals surface area contributed by atoms with Crippen LogP contribution in [0, 0.1) is 0 Å². The minimum absolute atomic E-state index is 1.00. The molecule has 0 radical (unpaired) electrons. The second kappa shape index (κ2) is 4.99. The van der Waals surface area contributed by atoms with Crippen LogP contribution in [0.25, 0.3) is 49.5 Å². The van der Waals surface area contributed by atoms with Gasteiger partial charge in [-0.25, -0.2) is 4.98 Å². The minimum Gasteiger partial charge on any atom is -0.292 e. The van der Waals surface area contributed by atoms with Crippen LogP contribution in [0.4, 0.5) is 0 Å². The Hall–Kier alpha value is -3.65. The summed E-state index contributed by atoms with van der Waals surface area (Å²) < 4.78 is 2.34. The molecule has 0 N–H and O–H groups in total. The number of imidazole rings is 1. The van der Waals surface area contributed by atoms with Gasteiger partial charge < -0.3 is 0 Å². The Labute approximate surface area is 161 Å². The average molecular weight is 356 g/mol. The van der Waals surface area contributed by atoms with E-state index in [-0.39, 0.29) is 0 Å². The van der Waals surface area contributed by atoms with Crippen molar-refractivity contribution in [1.82, 2.24) is 9.38 Å². The summed E-state index contributed by atoms with van der Waals surface area (Å²) in [7, 11) is 0. The van der Waals surface area contributed by atoms with Crippen molar-refractivity contribution in [3.8, 4) is 11.1 Å². The number of benzene rings is 4. The molecule has 0 spiro atoms. The monoisotopic (exact) mass is 356 g/mol. The van der Waals surface area contributed by atoms with Crippen LogP contribution in [0.2, 0.25) is 0 Å². The molecule has 0 unspecified atom stereocenters. The van der Waals surface area contributed by atoms with Gasteiger partial charge in [0.1, 0.15) is 5.65 Å². The third-order valence-corrected chi connectivity index (χ3v) is 6.17. The van der Waals surface area contributed by atoms with Crippen LogP contribution < -0.4 is 0 Å². The highest BCUT2D eigenvalue weighted by atomic mass is 15.0. The number of fused-ring (bicyclic) bond motifs is 11. The van der Waals surface area contributed by atoms with Crippen LogP contribution in [0.5, 0.6) is 0 Å². The van der Waals surface area contributed by atoms with Crippen molar-refractivity contribution in [2.24, 2.45) is 0 Å². The number of nitrogens with zero attached hydrogens (tertiary/aromatic N) is 2. The first kappa shape index (κ1) is 14.4. The topological polar surface area (TPSA) is 17.3 Å². The summed E-state index contributed by atoms with van der Waals surface area (Å²) in [6.45, 7) is 0. The van der Waals surface area contributed by atoms with Crippen molar-refractivity contribution in [1.29, 1.82) is 0 Å². The van der Waals surface area contributed by atoms with Crippen LogP contribution in [-0.4, -0.2) is 9.38 Å². The van der Waals surface area contributed by atoms with E-state index in [1.807, 2.05) is 0 Å². The summed E-state index contributed by atoms with van der Waals surface area (Å²) in [6, 6.07) is 30.6. The zero-order valence-electron chi connectivity index (χ0n) is 15.2. The molecule has 6 aromatic rings. The van der Waals surface area contributed by atoms with Crippen LogP contribution in [-0.2, 0) is 6.42 Å². The number of pyridine rings is 1. The average Bonchev–Trinajstić information content (AvgIpc) is 3.30. The van der Waals surface area contributed by atoms with Gasteiger partial charge in [0.15, 0.2) is 0 Å². The van der Waals surface area contributed by atoms with E-state index in [4.69, 9.17) is 4.98 Å². The smallest absolute Gasteiger partial charge is 0.146 e. The van der Waals surface area contributed by atoms with Crippen molar-refractivity contribution >= 4 is 38.4 Å². The maximum atomic E-state index is 5.11.